The first-order valence-electron chi connectivity index (χ1n) is 7.42. The third-order valence-corrected chi connectivity index (χ3v) is 3.43. The maximum atomic E-state index is 8.49. The zero-order valence-electron chi connectivity index (χ0n) is 13.8. The summed E-state index contributed by atoms with van der Waals surface area (Å²) in [6, 6.07) is 23.0. The zero-order chi connectivity index (χ0) is 18.4. The Balaban J connectivity index is 0.000000399. The maximum Gasteiger partial charge on any atom is 0.334 e. The van der Waals surface area contributed by atoms with Crippen molar-refractivity contribution in [2.75, 3.05) is 0 Å². The maximum absolute atomic E-state index is 8.49. The molecule has 5 nitrogen and oxygen atoms in total. The van der Waals surface area contributed by atoms with E-state index in [0.29, 0.717) is 0 Å². The fourth-order valence-corrected chi connectivity index (χ4v) is 2.60. The van der Waals surface area contributed by atoms with Gasteiger partial charge in [-0.05, 0) is 11.1 Å². The third kappa shape index (κ3) is 5.94. The molecular weight excluding hydrogens is 344 g/mol. The molecule has 3 aromatic rings. The molecule has 0 saturated heterocycles. The van der Waals surface area contributed by atoms with Crippen molar-refractivity contribution in [3.8, 4) is 22.3 Å². The molecule has 0 unspecified atom stereocenters. The minimum atomic E-state index is -4.94. The molecule has 0 aliphatic rings. The largest absolute Gasteiger partial charge is 0.334 e. The molecule has 3 rings (SSSR count). The molecule has 1 aromatic heterocycles. The number of halogens is 1. The van der Waals surface area contributed by atoms with Gasteiger partial charge in [-0.15, -0.1) is 10.2 Å². The van der Waals surface area contributed by atoms with E-state index in [4.69, 9.17) is 23.1 Å². The van der Waals surface area contributed by atoms with E-state index in [1.54, 1.807) is 0 Å². The lowest BCUT2D eigenvalue weighted by Gasteiger charge is -2.17. The fourth-order valence-electron chi connectivity index (χ4n) is 2.60. The molecule has 0 fully saturated rings. The number of rotatable bonds is 2. The van der Waals surface area contributed by atoms with Gasteiger partial charge in [0.25, 0.3) is 0 Å². The number of benzene rings is 2. The molecule has 0 radical (unpaired) electrons. The van der Waals surface area contributed by atoms with Crippen molar-refractivity contribution in [3.63, 3.8) is 0 Å². The van der Waals surface area contributed by atoms with Crippen LogP contribution in [0.4, 0.5) is 0 Å². The monoisotopic (exact) mass is 360 g/mol. The standard InChI is InChI=1S/C19H17O.ClHO4/c1-14-13-18(16-9-5-3-6-10-16)19(15(2)20-14)17-11-7-4-8-12-17;2-1(3,4)5/h3-13H,1-2H3;(H,2,3,4,5)/q+1;/p-1. The Labute approximate surface area is 148 Å². The molecule has 0 saturated carbocycles. The van der Waals surface area contributed by atoms with E-state index in [1.165, 1.54) is 22.3 Å². The van der Waals surface area contributed by atoms with Crippen LogP contribution in [0.15, 0.2) is 71.1 Å². The minimum absolute atomic E-state index is 0.932. The minimum Gasteiger partial charge on any atom is -0.222 e. The van der Waals surface area contributed by atoms with Gasteiger partial charge in [0.15, 0.2) is 0 Å². The van der Waals surface area contributed by atoms with Gasteiger partial charge in [-0.3, -0.25) is 0 Å². The van der Waals surface area contributed by atoms with E-state index in [2.05, 4.69) is 54.6 Å². The van der Waals surface area contributed by atoms with Crippen LogP contribution in [0.25, 0.3) is 22.3 Å². The molecule has 6 heteroatoms. The molecule has 2 aromatic carbocycles. The first-order chi connectivity index (χ1) is 11.8. The molecular formula is C19H17ClO5. The van der Waals surface area contributed by atoms with Crippen LogP contribution in [0, 0.1) is 24.1 Å². The second-order valence-corrected chi connectivity index (χ2v) is 6.07. The molecule has 1 heterocycles. The molecule has 0 spiro atoms. The highest BCUT2D eigenvalue weighted by atomic mass is 35.7. The lowest BCUT2D eigenvalue weighted by molar-refractivity contribution is -2.00. The van der Waals surface area contributed by atoms with Gasteiger partial charge in [-0.2, -0.15) is 0 Å². The predicted octanol–water partition coefficient (Wildman–Crippen LogP) is 0.756. The molecule has 130 valence electrons. The second-order valence-electron chi connectivity index (χ2n) is 5.31. The van der Waals surface area contributed by atoms with E-state index in [0.717, 1.165) is 11.5 Å². The topological polar surface area (TPSA) is 104 Å². The van der Waals surface area contributed by atoms with Crippen molar-refractivity contribution in [1.82, 2.24) is 0 Å². The van der Waals surface area contributed by atoms with Gasteiger partial charge in [-0.25, -0.2) is 23.1 Å². The lowest BCUT2D eigenvalue weighted by Crippen LogP contribution is -2.68. The Hall–Kier alpha value is -2.28. The first kappa shape index (κ1) is 19.1. The van der Waals surface area contributed by atoms with Crippen LogP contribution < -0.4 is 18.6 Å². The van der Waals surface area contributed by atoms with Crippen LogP contribution in [0.3, 0.4) is 0 Å². The predicted molar refractivity (Wildman–Crippen MR) is 83.5 cm³/mol. The van der Waals surface area contributed by atoms with Crippen molar-refractivity contribution in [2.45, 2.75) is 13.8 Å². The van der Waals surface area contributed by atoms with Crippen molar-refractivity contribution >= 4 is 0 Å². The summed E-state index contributed by atoms with van der Waals surface area (Å²) in [4.78, 5) is 0. The summed E-state index contributed by atoms with van der Waals surface area (Å²) < 4.78 is 39.8. The molecule has 0 aliphatic carbocycles. The quantitative estimate of drug-likeness (QED) is 0.627. The molecule has 0 bridgehead atoms. The van der Waals surface area contributed by atoms with Gasteiger partial charge in [-0.1, -0.05) is 60.7 Å². The first-order valence-corrected chi connectivity index (χ1v) is 8.66. The SMILES string of the molecule is Cc1cc(-c2ccccc2)c(-c2ccccc2)c(C)[o+]1.[O-][Cl+3]([O-])([O-])[O-]. The van der Waals surface area contributed by atoms with Crippen LogP contribution in [0.1, 0.15) is 11.5 Å². The molecule has 0 N–H and O–H groups in total. The molecule has 0 aliphatic heterocycles. The highest BCUT2D eigenvalue weighted by molar-refractivity contribution is 5.84. The summed E-state index contributed by atoms with van der Waals surface area (Å²) >= 11 is 0. The Kier molecular flexibility index (Phi) is 6.25. The number of hydrogen-bond donors (Lipinski definition) is 0. The smallest absolute Gasteiger partial charge is 0.222 e. The van der Waals surface area contributed by atoms with Crippen LogP contribution in [0.5, 0.6) is 0 Å². The Morgan fingerprint density at radius 3 is 1.64 bits per heavy atom. The second kappa shape index (κ2) is 8.20. The summed E-state index contributed by atoms with van der Waals surface area (Å²) in [5.41, 5.74) is 4.79. The normalized spacial score (nSPS) is 10.8. The van der Waals surface area contributed by atoms with Crippen molar-refractivity contribution in [1.29, 1.82) is 0 Å². The summed E-state index contributed by atoms with van der Waals surface area (Å²) in [5.74, 6) is 1.89. The summed E-state index contributed by atoms with van der Waals surface area (Å²) in [5, 5.41) is 0. The average molecular weight is 361 g/mol. The summed E-state index contributed by atoms with van der Waals surface area (Å²) in [6.45, 7) is 4.02. The van der Waals surface area contributed by atoms with Gasteiger partial charge in [0.2, 0.25) is 0 Å². The van der Waals surface area contributed by atoms with E-state index in [-0.39, 0.29) is 0 Å². The van der Waals surface area contributed by atoms with Gasteiger partial charge in [0, 0.05) is 11.6 Å². The van der Waals surface area contributed by atoms with E-state index in [1.807, 2.05) is 26.0 Å². The van der Waals surface area contributed by atoms with Gasteiger partial charge >= 0.3 is 11.5 Å². The van der Waals surface area contributed by atoms with Crippen molar-refractivity contribution in [2.24, 2.45) is 0 Å². The highest BCUT2D eigenvalue weighted by Gasteiger charge is 2.20. The highest BCUT2D eigenvalue weighted by Crippen LogP contribution is 2.35. The Morgan fingerprint density at radius 1 is 0.720 bits per heavy atom. The van der Waals surface area contributed by atoms with Crippen LogP contribution in [0.2, 0.25) is 0 Å². The van der Waals surface area contributed by atoms with Crippen LogP contribution in [-0.2, 0) is 0 Å². The molecule has 0 amide bonds. The number of aryl methyl sites for hydroxylation is 2. The summed E-state index contributed by atoms with van der Waals surface area (Å²) in [6.07, 6.45) is 0. The van der Waals surface area contributed by atoms with Gasteiger partial charge in [0.05, 0.1) is 19.4 Å². The van der Waals surface area contributed by atoms with E-state index in [9.17, 15) is 0 Å². The molecule has 0 atom stereocenters. The third-order valence-electron chi connectivity index (χ3n) is 3.43. The van der Waals surface area contributed by atoms with E-state index >= 15 is 0 Å². The number of hydrogen-bond acceptors (Lipinski definition) is 4. The van der Waals surface area contributed by atoms with Crippen LogP contribution >= 0.6 is 0 Å². The average Bonchev–Trinajstić information content (AvgIpc) is 2.54. The Morgan fingerprint density at radius 2 is 1.16 bits per heavy atom. The van der Waals surface area contributed by atoms with Gasteiger partial charge < -0.3 is 0 Å². The van der Waals surface area contributed by atoms with E-state index < -0.39 is 10.2 Å². The van der Waals surface area contributed by atoms with Gasteiger partial charge in [0.1, 0.15) is 0 Å². The summed E-state index contributed by atoms with van der Waals surface area (Å²) in [7, 11) is -4.94. The van der Waals surface area contributed by atoms with Crippen molar-refractivity contribution < 1.29 is 33.3 Å². The zero-order valence-corrected chi connectivity index (χ0v) is 14.5. The molecule has 25 heavy (non-hydrogen) atoms. The fraction of sp³-hybridized carbons (Fsp3) is 0.105. The Bertz CT molecular complexity index is 808. The van der Waals surface area contributed by atoms with Crippen LogP contribution in [-0.4, -0.2) is 0 Å². The lowest BCUT2D eigenvalue weighted by atomic mass is 9.94. The van der Waals surface area contributed by atoms with Crippen molar-refractivity contribution in [3.05, 3.63) is 78.3 Å².